The summed E-state index contributed by atoms with van der Waals surface area (Å²) < 4.78 is 47.6. The van der Waals surface area contributed by atoms with Gasteiger partial charge in [0.2, 0.25) is 15.9 Å². The van der Waals surface area contributed by atoms with Crippen molar-refractivity contribution in [1.82, 2.24) is 4.31 Å². The molecular weight excluding hydrogens is 483 g/mol. The number of hydrogen-bond acceptors (Lipinski definition) is 7. The normalized spacial score (nSPS) is 25.5. The third-order valence-corrected chi connectivity index (χ3v) is 9.32. The molecule has 0 amide bonds. The molecule has 1 unspecified atom stereocenters. The molecule has 0 bridgehead atoms. The number of sulfonamides is 1. The number of carboxylic acid groups (broad SMARTS) is 1. The van der Waals surface area contributed by atoms with Crippen LogP contribution >= 0.6 is 11.8 Å². The number of benzene rings is 1. The van der Waals surface area contributed by atoms with Gasteiger partial charge in [-0.15, -0.1) is 11.8 Å². The molecule has 3 rings (SSSR count). The van der Waals surface area contributed by atoms with Crippen LogP contribution in [0.25, 0.3) is 0 Å². The first kappa shape index (κ1) is 26.8. The van der Waals surface area contributed by atoms with Crippen molar-refractivity contribution in [2.45, 2.75) is 79.8 Å². The Morgan fingerprint density at radius 2 is 1.97 bits per heavy atom. The third-order valence-electron chi connectivity index (χ3n) is 6.62. The molecule has 1 aliphatic heterocycles. The minimum Gasteiger partial charge on any atom is -0.476 e. The molecule has 2 aliphatic rings. The van der Waals surface area contributed by atoms with Gasteiger partial charge in [-0.25, -0.2) is 13.2 Å². The summed E-state index contributed by atoms with van der Waals surface area (Å²) in [4.78, 5) is 13.6. The van der Waals surface area contributed by atoms with Crippen LogP contribution in [0.15, 0.2) is 34.0 Å². The van der Waals surface area contributed by atoms with Gasteiger partial charge in [-0.3, -0.25) is 0 Å². The molecule has 1 saturated carbocycles. The van der Waals surface area contributed by atoms with Crippen molar-refractivity contribution in [3.63, 3.8) is 0 Å². The zero-order valence-corrected chi connectivity index (χ0v) is 21.4. The Bertz CT molecular complexity index is 1020. The van der Waals surface area contributed by atoms with Gasteiger partial charge in [0, 0.05) is 31.7 Å². The van der Waals surface area contributed by atoms with Gasteiger partial charge in [0.05, 0.1) is 16.7 Å². The van der Waals surface area contributed by atoms with E-state index in [2.05, 4.69) is 11.8 Å². The summed E-state index contributed by atoms with van der Waals surface area (Å²) in [5.74, 6) is -3.17. The first-order valence-corrected chi connectivity index (χ1v) is 14.2. The van der Waals surface area contributed by atoms with E-state index >= 15 is 0 Å². The minimum absolute atomic E-state index is 0.0528. The largest absolute Gasteiger partial charge is 0.476 e. The maximum atomic E-state index is 13.7. The Labute approximate surface area is 204 Å². The number of nitrogens with zero attached hydrogens (tertiary/aromatic N) is 2. The number of likely N-dealkylation sites (N-methyl/N-ethyl adjacent to an activating group) is 1. The summed E-state index contributed by atoms with van der Waals surface area (Å²) in [5.41, 5.74) is 0.562. The predicted molar refractivity (Wildman–Crippen MR) is 130 cm³/mol. The number of rotatable bonds is 8. The van der Waals surface area contributed by atoms with Crippen LogP contribution in [0.1, 0.15) is 51.9 Å². The van der Waals surface area contributed by atoms with Crippen LogP contribution in [0, 0.1) is 0 Å². The first-order chi connectivity index (χ1) is 16.1. The van der Waals surface area contributed by atoms with E-state index in [-0.39, 0.29) is 28.8 Å². The number of aliphatic hydroxyl groups excluding tert-OH is 1. The maximum absolute atomic E-state index is 13.7. The van der Waals surface area contributed by atoms with Gasteiger partial charge < -0.3 is 19.8 Å². The van der Waals surface area contributed by atoms with Crippen molar-refractivity contribution in [3.8, 4) is 5.75 Å². The van der Waals surface area contributed by atoms with E-state index in [0.29, 0.717) is 36.2 Å². The summed E-state index contributed by atoms with van der Waals surface area (Å²) in [6.07, 6.45) is 7.31. The summed E-state index contributed by atoms with van der Waals surface area (Å²) in [6.45, 7) is 2.60. The molecule has 1 atom stereocenters. The molecule has 8 nitrogen and oxygen atoms in total. The average molecular weight is 517 g/mol. The molecule has 190 valence electrons. The number of hydrogen-bond donors (Lipinski definition) is 2. The molecular formula is C23H33FN2O6S2. The van der Waals surface area contributed by atoms with Gasteiger partial charge in [-0.1, -0.05) is 19.8 Å². The number of ether oxygens (including phenoxy) is 1. The van der Waals surface area contributed by atoms with Crippen molar-refractivity contribution < 1.29 is 32.6 Å². The number of carbonyl (C=O) groups is 1. The number of aliphatic hydroxyl groups is 1. The first-order valence-electron chi connectivity index (χ1n) is 11.5. The van der Waals surface area contributed by atoms with Crippen molar-refractivity contribution in [3.05, 3.63) is 24.2 Å². The predicted octanol–water partition coefficient (Wildman–Crippen LogP) is 3.99. The number of carboxylic acids is 1. The van der Waals surface area contributed by atoms with Gasteiger partial charge in [0.15, 0.2) is 0 Å². The van der Waals surface area contributed by atoms with E-state index < -0.39 is 21.8 Å². The van der Waals surface area contributed by atoms with Crippen LogP contribution in [0.5, 0.6) is 5.75 Å². The highest BCUT2D eigenvalue weighted by Crippen LogP contribution is 2.43. The highest BCUT2D eigenvalue weighted by molar-refractivity contribution is 7.98. The molecule has 0 radical (unpaired) electrons. The number of halogens is 1. The van der Waals surface area contributed by atoms with Gasteiger partial charge in [-0.2, -0.15) is 8.70 Å². The standard InChI is InChI=1S/C23H33FN2O6S2/c1-4-5-6-16-13-26(15-7-9-17(27)10-8-15)19-11-21(33-3)20(32-14-18(24)23(28)29)12-22(19)34(30,31)25(16)2/h11-12,14-17,27H,4-10,13H2,1-3H3,(H,28,29)/b18-14-. The van der Waals surface area contributed by atoms with Crippen LogP contribution in [0.3, 0.4) is 0 Å². The smallest absolute Gasteiger partial charge is 0.368 e. The lowest BCUT2D eigenvalue weighted by atomic mass is 9.91. The second-order valence-electron chi connectivity index (χ2n) is 8.79. The summed E-state index contributed by atoms with van der Waals surface area (Å²) in [5, 5.41) is 18.8. The lowest BCUT2D eigenvalue weighted by Gasteiger charge is -2.39. The quantitative estimate of drug-likeness (QED) is 0.304. The van der Waals surface area contributed by atoms with Crippen molar-refractivity contribution in [1.29, 1.82) is 0 Å². The molecule has 1 aromatic carbocycles. The molecule has 2 N–H and O–H groups in total. The number of anilines is 1. The number of unbranched alkanes of at least 4 members (excludes halogenated alkanes) is 1. The van der Waals surface area contributed by atoms with Crippen LogP contribution < -0.4 is 9.64 Å². The molecule has 1 aromatic rings. The van der Waals surface area contributed by atoms with Crippen LogP contribution in [0.4, 0.5) is 10.1 Å². The molecule has 11 heteroatoms. The number of thioether (sulfide) groups is 1. The van der Waals surface area contributed by atoms with E-state index in [0.717, 1.165) is 32.1 Å². The summed E-state index contributed by atoms with van der Waals surface area (Å²) in [6, 6.07) is 2.96. The molecule has 0 saturated heterocycles. The third kappa shape index (κ3) is 5.69. The fraction of sp³-hybridized carbons (Fsp3) is 0.609. The van der Waals surface area contributed by atoms with E-state index in [1.54, 1.807) is 19.4 Å². The lowest BCUT2D eigenvalue weighted by molar-refractivity contribution is -0.134. The molecule has 0 aromatic heterocycles. The highest BCUT2D eigenvalue weighted by Gasteiger charge is 2.39. The number of fused-ring (bicyclic) bond motifs is 1. The van der Waals surface area contributed by atoms with E-state index in [9.17, 15) is 22.7 Å². The van der Waals surface area contributed by atoms with Crippen molar-refractivity contribution in [2.24, 2.45) is 0 Å². The van der Waals surface area contributed by atoms with E-state index in [1.807, 2.05) is 0 Å². The van der Waals surface area contributed by atoms with Gasteiger partial charge >= 0.3 is 5.97 Å². The van der Waals surface area contributed by atoms with E-state index in [4.69, 9.17) is 9.84 Å². The fourth-order valence-corrected chi connectivity index (χ4v) is 6.71. The zero-order chi connectivity index (χ0) is 25.0. The molecule has 1 heterocycles. The van der Waals surface area contributed by atoms with Crippen LogP contribution in [0.2, 0.25) is 0 Å². The minimum atomic E-state index is -3.90. The Hall–Kier alpha value is -1.82. The molecule has 34 heavy (non-hydrogen) atoms. The summed E-state index contributed by atoms with van der Waals surface area (Å²) in [7, 11) is -2.32. The van der Waals surface area contributed by atoms with Crippen LogP contribution in [-0.2, 0) is 14.8 Å². The average Bonchev–Trinajstić information content (AvgIpc) is 2.89. The second kappa shape index (κ2) is 11.3. The monoisotopic (exact) mass is 516 g/mol. The maximum Gasteiger partial charge on any atom is 0.368 e. The lowest BCUT2D eigenvalue weighted by Crippen LogP contribution is -2.46. The van der Waals surface area contributed by atoms with Gasteiger partial charge in [0.25, 0.3) is 0 Å². The molecule has 1 aliphatic carbocycles. The second-order valence-corrected chi connectivity index (χ2v) is 11.6. The Morgan fingerprint density at radius 1 is 1.29 bits per heavy atom. The van der Waals surface area contributed by atoms with Gasteiger partial charge in [-0.05, 0) is 44.4 Å². The summed E-state index contributed by atoms with van der Waals surface area (Å²) >= 11 is 1.30. The van der Waals surface area contributed by atoms with Gasteiger partial charge in [0.1, 0.15) is 16.9 Å². The Kier molecular flexibility index (Phi) is 8.88. The zero-order valence-electron chi connectivity index (χ0n) is 19.7. The highest BCUT2D eigenvalue weighted by atomic mass is 32.2. The fourth-order valence-electron chi connectivity index (χ4n) is 4.60. The number of aliphatic carboxylic acids is 1. The van der Waals surface area contributed by atoms with Crippen molar-refractivity contribution >= 4 is 33.4 Å². The van der Waals surface area contributed by atoms with Crippen LogP contribution in [-0.4, -0.2) is 66.9 Å². The Balaban J connectivity index is 2.13. The molecule has 1 fully saturated rings. The van der Waals surface area contributed by atoms with Crippen molar-refractivity contribution in [2.75, 3.05) is 24.7 Å². The Morgan fingerprint density at radius 3 is 2.56 bits per heavy atom. The SMILES string of the molecule is CCCCC1CN(C2CCC(O)CC2)c2cc(SC)c(O/C=C(\F)C(=O)O)cc2S(=O)(=O)N1C. The van der Waals surface area contributed by atoms with E-state index in [1.165, 1.54) is 22.1 Å². The molecule has 0 spiro atoms. The topological polar surface area (TPSA) is 107 Å².